The summed E-state index contributed by atoms with van der Waals surface area (Å²) in [5, 5.41) is 3.52. The van der Waals surface area contributed by atoms with Gasteiger partial charge in [0.1, 0.15) is 5.82 Å². The first-order chi connectivity index (χ1) is 9.22. The molecule has 98 valence electrons. The Bertz CT molecular complexity index is 559. The van der Waals surface area contributed by atoms with Crippen LogP contribution in [-0.4, -0.2) is 11.0 Å². The Morgan fingerprint density at radius 1 is 1.16 bits per heavy atom. The third-order valence-electron chi connectivity index (χ3n) is 3.88. The number of pyridine rings is 1. The van der Waals surface area contributed by atoms with Crippen LogP contribution in [0, 0.1) is 12.7 Å². The van der Waals surface area contributed by atoms with Gasteiger partial charge in [-0.15, -0.1) is 0 Å². The highest BCUT2D eigenvalue weighted by Crippen LogP contribution is 2.38. The van der Waals surface area contributed by atoms with Crippen LogP contribution in [-0.2, 0) is 0 Å². The van der Waals surface area contributed by atoms with E-state index in [0.717, 1.165) is 18.5 Å². The Kier molecular flexibility index (Phi) is 3.20. The van der Waals surface area contributed by atoms with Gasteiger partial charge in [0.05, 0.1) is 11.9 Å². The van der Waals surface area contributed by atoms with E-state index in [0.29, 0.717) is 12.0 Å². The second-order valence-corrected chi connectivity index (χ2v) is 5.25. The Morgan fingerprint density at radius 2 is 1.89 bits per heavy atom. The largest absolute Gasteiger partial charge is 0.381 e. The fraction of sp³-hybridized carbons (Fsp3) is 0.312. The molecule has 1 N–H and O–H groups in total. The number of hydrogen-bond acceptors (Lipinski definition) is 2. The number of aryl methyl sites for hydroxylation is 1. The van der Waals surface area contributed by atoms with Crippen LogP contribution in [0.2, 0.25) is 0 Å². The lowest BCUT2D eigenvalue weighted by Gasteiger charge is -2.37. The molecule has 1 fully saturated rings. The van der Waals surface area contributed by atoms with Crippen molar-refractivity contribution in [2.24, 2.45) is 0 Å². The van der Waals surface area contributed by atoms with Gasteiger partial charge in [-0.2, -0.15) is 0 Å². The maximum atomic E-state index is 12.9. The van der Waals surface area contributed by atoms with Gasteiger partial charge in [-0.3, -0.25) is 4.98 Å². The third kappa shape index (κ3) is 2.60. The maximum absolute atomic E-state index is 12.9. The van der Waals surface area contributed by atoms with Gasteiger partial charge in [-0.05, 0) is 55.0 Å². The van der Waals surface area contributed by atoms with Gasteiger partial charge in [-0.25, -0.2) is 4.39 Å². The highest BCUT2D eigenvalue weighted by Gasteiger charge is 2.30. The van der Waals surface area contributed by atoms with Crippen LogP contribution in [0.15, 0.2) is 42.7 Å². The molecule has 0 atom stereocenters. The lowest BCUT2D eigenvalue weighted by molar-refractivity contribution is 0.373. The summed E-state index contributed by atoms with van der Waals surface area (Å²) in [5.74, 6) is 0.388. The summed E-state index contributed by atoms with van der Waals surface area (Å²) in [6, 6.07) is 9.39. The van der Waals surface area contributed by atoms with E-state index in [2.05, 4.69) is 17.2 Å². The summed E-state index contributed by atoms with van der Waals surface area (Å²) < 4.78 is 12.9. The zero-order chi connectivity index (χ0) is 13.2. The molecule has 1 aliphatic carbocycles. The quantitative estimate of drug-likeness (QED) is 0.901. The summed E-state index contributed by atoms with van der Waals surface area (Å²) in [6.07, 6.45) is 5.88. The number of anilines is 1. The zero-order valence-electron chi connectivity index (χ0n) is 10.9. The second-order valence-electron chi connectivity index (χ2n) is 5.25. The molecule has 0 bridgehead atoms. The molecular formula is C16H17FN2. The van der Waals surface area contributed by atoms with Gasteiger partial charge in [-0.1, -0.05) is 12.1 Å². The molecule has 0 unspecified atom stereocenters. The van der Waals surface area contributed by atoms with Crippen molar-refractivity contribution in [2.75, 3.05) is 5.32 Å². The summed E-state index contributed by atoms with van der Waals surface area (Å²) in [5.41, 5.74) is 3.58. The lowest BCUT2D eigenvalue weighted by atomic mass is 9.76. The molecule has 1 aliphatic rings. The van der Waals surface area contributed by atoms with E-state index in [1.54, 1.807) is 12.1 Å². The molecule has 1 aromatic carbocycles. The molecule has 0 aliphatic heterocycles. The number of aromatic nitrogens is 1. The Morgan fingerprint density at radius 3 is 2.58 bits per heavy atom. The fourth-order valence-corrected chi connectivity index (χ4v) is 2.58. The van der Waals surface area contributed by atoms with Gasteiger partial charge in [0.25, 0.3) is 0 Å². The van der Waals surface area contributed by atoms with Crippen molar-refractivity contribution in [2.45, 2.75) is 31.7 Å². The van der Waals surface area contributed by atoms with Crippen molar-refractivity contribution >= 4 is 5.69 Å². The van der Waals surface area contributed by atoms with E-state index in [1.165, 1.54) is 11.1 Å². The average molecular weight is 256 g/mol. The van der Waals surface area contributed by atoms with Gasteiger partial charge in [0.2, 0.25) is 0 Å². The third-order valence-corrected chi connectivity index (χ3v) is 3.88. The van der Waals surface area contributed by atoms with E-state index in [9.17, 15) is 4.39 Å². The molecule has 0 radical (unpaired) electrons. The van der Waals surface area contributed by atoms with E-state index >= 15 is 0 Å². The van der Waals surface area contributed by atoms with E-state index < -0.39 is 0 Å². The first-order valence-electron chi connectivity index (χ1n) is 6.65. The monoisotopic (exact) mass is 256 g/mol. The molecule has 3 rings (SSSR count). The summed E-state index contributed by atoms with van der Waals surface area (Å²) >= 11 is 0. The molecule has 1 heterocycles. The fourth-order valence-electron chi connectivity index (χ4n) is 2.58. The van der Waals surface area contributed by atoms with Crippen molar-refractivity contribution < 1.29 is 4.39 Å². The minimum Gasteiger partial charge on any atom is -0.381 e. The van der Waals surface area contributed by atoms with Crippen molar-refractivity contribution in [1.82, 2.24) is 4.98 Å². The van der Waals surface area contributed by atoms with Crippen LogP contribution < -0.4 is 5.32 Å². The SMILES string of the molecule is Cc1ccncc1NC1CC(c2ccc(F)cc2)C1. The summed E-state index contributed by atoms with van der Waals surface area (Å²) in [7, 11) is 0. The van der Waals surface area contributed by atoms with E-state index in [-0.39, 0.29) is 5.82 Å². The zero-order valence-corrected chi connectivity index (χ0v) is 10.9. The minimum absolute atomic E-state index is 0.163. The number of nitrogens with zero attached hydrogens (tertiary/aromatic N) is 1. The number of halogens is 1. The molecule has 1 aromatic heterocycles. The van der Waals surface area contributed by atoms with Gasteiger partial charge >= 0.3 is 0 Å². The van der Waals surface area contributed by atoms with Crippen molar-refractivity contribution in [3.05, 3.63) is 59.7 Å². The molecule has 1 saturated carbocycles. The number of nitrogens with one attached hydrogen (secondary N) is 1. The topological polar surface area (TPSA) is 24.9 Å². The van der Waals surface area contributed by atoms with Gasteiger partial charge in [0, 0.05) is 12.2 Å². The van der Waals surface area contributed by atoms with Gasteiger partial charge in [0.15, 0.2) is 0 Å². The Labute approximate surface area is 112 Å². The number of benzene rings is 1. The first kappa shape index (κ1) is 12.2. The van der Waals surface area contributed by atoms with Gasteiger partial charge < -0.3 is 5.32 Å². The molecule has 0 spiro atoms. The normalized spacial score (nSPS) is 21.8. The Hall–Kier alpha value is -1.90. The van der Waals surface area contributed by atoms with Crippen LogP contribution in [0.5, 0.6) is 0 Å². The lowest BCUT2D eigenvalue weighted by Crippen LogP contribution is -2.34. The van der Waals surface area contributed by atoms with Crippen molar-refractivity contribution in [3.63, 3.8) is 0 Å². The molecule has 0 saturated heterocycles. The molecule has 3 heteroatoms. The second kappa shape index (κ2) is 5.00. The number of hydrogen-bond donors (Lipinski definition) is 1. The molecule has 0 amide bonds. The van der Waals surface area contributed by atoms with E-state index in [4.69, 9.17) is 0 Å². The summed E-state index contributed by atoms with van der Waals surface area (Å²) in [6.45, 7) is 2.08. The molecule has 2 aromatic rings. The van der Waals surface area contributed by atoms with Crippen LogP contribution >= 0.6 is 0 Å². The minimum atomic E-state index is -0.163. The molecule has 19 heavy (non-hydrogen) atoms. The highest BCUT2D eigenvalue weighted by molar-refractivity contribution is 5.49. The average Bonchev–Trinajstić information content (AvgIpc) is 2.37. The Balaban J connectivity index is 1.58. The van der Waals surface area contributed by atoms with Crippen LogP contribution in [0.4, 0.5) is 10.1 Å². The van der Waals surface area contributed by atoms with E-state index in [1.807, 2.05) is 30.6 Å². The molecular weight excluding hydrogens is 239 g/mol. The highest BCUT2D eigenvalue weighted by atomic mass is 19.1. The summed E-state index contributed by atoms with van der Waals surface area (Å²) in [4.78, 5) is 4.14. The van der Waals surface area contributed by atoms with Crippen molar-refractivity contribution in [1.29, 1.82) is 0 Å². The molecule has 2 nitrogen and oxygen atoms in total. The van der Waals surface area contributed by atoms with Crippen LogP contribution in [0.3, 0.4) is 0 Å². The first-order valence-corrected chi connectivity index (χ1v) is 6.65. The smallest absolute Gasteiger partial charge is 0.123 e. The van der Waals surface area contributed by atoms with Crippen LogP contribution in [0.1, 0.15) is 29.9 Å². The standard InChI is InChI=1S/C16H17FN2/c1-11-6-7-18-10-16(11)19-15-8-13(9-15)12-2-4-14(17)5-3-12/h2-7,10,13,15,19H,8-9H2,1H3. The predicted octanol–water partition coefficient (Wildman–Crippen LogP) is 3.89. The van der Waals surface area contributed by atoms with Crippen molar-refractivity contribution in [3.8, 4) is 0 Å². The number of rotatable bonds is 3. The maximum Gasteiger partial charge on any atom is 0.123 e. The predicted molar refractivity (Wildman–Crippen MR) is 74.8 cm³/mol. The van der Waals surface area contributed by atoms with Crippen LogP contribution in [0.25, 0.3) is 0 Å².